The Labute approximate surface area is 153 Å². The molecule has 2 atom stereocenters. The van der Waals surface area contributed by atoms with Crippen LogP contribution in [0.25, 0.3) is 0 Å². The maximum absolute atomic E-state index is 12.8. The maximum atomic E-state index is 12.8. The number of amides is 1. The van der Waals surface area contributed by atoms with Crippen molar-refractivity contribution in [1.29, 1.82) is 0 Å². The van der Waals surface area contributed by atoms with Gasteiger partial charge in [0.15, 0.2) is 0 Å². The first-order valence-electron chi connectivity index (χ1n) is 9.15. The first-order chi connectivity index (χ1) is 12.7. The SMILES string of the molecule is CCc1cnc(N2C[C@H]3CN(Cc4ccc(OC)cc4)C(=O)[C@H]3C2)nc1. The lowest BCUT2D eigenvalue weighted by Gasteiger charge is -2.22. The molecule has 1 amide bonds. The van der Waals surface area contributed by atoms with Crippen LogP contribution in [0.15, 0.2) is 36.7 Å². The van der Waals surface area contributed by atoms with Crippen LogP contribution in [-0.4, -0.2) is 47.5 Å². The van der Waals surface area contributed by atoms with Crippen molar-refractivity contribution in [2.24, 2.45) is 11.8 Å². The van der Waals surface area contributed by atoms with Crippen molar-refractivity contribution in [2.75, 3.05) is 31.6 Å². The summed E-state index contributed by atoms with van der Waals surface area (Å²) in [5, 5.41) is 0. The Kier molecular flexibility index (Phi) is 4.49. The van der Waals surface area contributed by atoms with Crippen LogP contribution < -0.4 is 9.64 Å². The van der Waals surface area contributed by atoms with E-state index in [1.807, 2.05) is 41.6 Å². The summed E-state index contributed by atoms with van der Waals surface area (Å²) in [5.41, 5.74) is 2.27. The second kappa shape index (κ2) is 6.94. The van der Waals surface area contributed by atoms with E-state index in [4.69, 9.17) is 4.74 Å². The predicted octanol–water partition coefficient (Wildman–Crippen LogP) is 2.14. The number of hydrogen-bond acceptors (Lipinski definition) is 5. The van der Waals surface area contributed by atoms with Crippen molar-refractivity contribution in [3.8, 4) is 5.75 Å². The van der Waals surface area contributed by atoms with Crippen molar-refractivity contribution in [3.05, 3.63) is 47.8 Å². The zero-order chi connectivity index (χ0) is 18.1. The van der Waals surface area contributed by atoms with Gasteiger partial charge in [-0.2, -0.15) is 0 Å². The first-order valence-corrected chi connectivity index (χ1v) is 9.15. The van der Waals surface area contributed by atoms with Gasteiger partial charge in [-0.05, 0) is 29.7 Å². The van der Waals surface area contributed by atoms with Crippen molar-refractivity contribution >= 4 is 11.9 Å². The average molecular weight is 352 g/mol. The van der Waals surface area contributed by atoms with Gasteiger partial charge >= 0.3 is 0 Å². The van der Waals surface area contributed by atoms with Gasteiger partial charge < -0.3 is 14.5 Å². The molecule has 2 fully saturated rings. The van der Waals surface area contributed by atoms with Gasteiger partial charge in [0.05, 0.1) is 13.0 Å². The molecule has 0 N–H and O–H groups in total. The molecule has 2 saturated heterocycles. The van der Waals surface area contributed by atoms with Gasteiger partial charge in [0, 0.05) is 44.5 Å². The molecule has 26 heavy (non-hydrogen) atoms. The van der Waals surface area contributed by atoms with Crippen molar-refractivity contribution in [1.82, 2.24) is 14.9 Å². The third-order valence-corrected chi connectivity index (χ3v) is 5.44. The number of likely N-dealkylation sites (tertiary alicyclic amines) is 1. The fourth-order valence-corrected chi connectivity index (χ4v) is 3.89. The molecule has 136 valence electrons. The van der Waals surface area contributed by atoms with E-state index in [9.17, 15) is 4.79 Å². The van der Waals surface area contributed by atoms with Gasteiger partial charge in [-0.3, -0.25) is 4.79 Å². The van der Waals surface area contributed by atoms with Crippen LogP contribution in [0.4, 0.5) is 5.95 Å². The van der Waals surface area contributed by atoms with Gasteiger partial charge in [0.2, 0.25) is 11.9 Å². The monoisotopic (exact) mass is 352 g/mol. The van der Waals surface area contributed by atoms with Crippen LogP contribution in [0.2, 0.25) is 0 Å². The number of benzene rings is 1. The minimum atomic E-state index is 0.0581. The van der Waals surface area contributed by atoms with Crippen LogP contribution in [0.5, 0.6) is 5.75 Å². The molecule has 6 nitrogen and oxygen atoms in total. The molecule has 2 aliphatic heterocycles. The van der Waals surface area contributed by atoms with Crippen LogP contribution >= 0.6 is 0 Å². The number of carbonyl (C=O) groups is 1. The van der Waals surface area contributed by atoms with E-state index in [1.165, 1.54) is 0 Å². The quantitative estimate of drug-likeness (QED) is 0.825. The average Bonchev–Trinajstić information content (AvgIpc) is 3.22. The van der Waals surface area contributed by atoms with Gasteiger partial charge in [-0.25, -0.2) is 9.97 Å². The Hall–Kier alpha value is -2.63. The van der Waals surface area contributed by atoms with E-state index in [0.717, 1.165) is 42.3 Å². The number of anilines is 1. The minimum Gasteiger partial charge on any atom is -0.497 e. The number of nitrogens with zero attached hydrogens (tertiary/aromatic N) is 4. The number of ether oxygens (including phenoxy) is 1. The van der Waals surface area contributed by atoms with Gasteiger partial charge in [0.25, 0.3) is 0 Å². The number of aryl methyl sites for hydroxylation is 1. The second-order valence-electron chi connectivity index (χ2n) is 7.08. The zero-order valence-electron chi connectivity index (χ0n) is 15.3. The zero-order valence-corrected chi connectivity index (χ0v) is 15.3. The highest BCUT2D eigenvalue weighted by Crippen LogP contribution is 2.34. The smallest absolute Gasteiger partial charge is 0.228 e. The summed E-state index contributed by atoms with van der Waals surface area (Å²) in [4.78, 5) is 25.9. The fraction of sp³-hybridized carbons (Fsp3) is 0.450. The topological polar surface area (TPSA) is 58.6 Å². The Morgan fingerprint density at radius 1 is 1.08 bits per heavy atom. The van der Waals surface area contributed by atoms with Crippen molar-refractivity contribution in [3.63, 3.8) is 0 Å². The Bertz CT molecular complexity index is 775. The third-order valence-electron chi connectivity index (χ3n) is 5.44. The maximum Gasteiger partial charge on any atom is 0.228 e. The lowest BCUT2D eigenvalue weighted by molar-refractivity contribution is -0.131. The number of carbonyl (C=O) groups excluding carboxylic acids is 1. The number of fused-ring (bicyclic) bond motifs is 1. The summed E-state index contributed by atoms with van der Waals surface area (Å²) in [6.07, 6.45) is 4.70. The number of methoxy groups -OCH3 is 1. The highest BCUT2D eigenvalue weighted by molar-refractivity contribution is 5.83. The molecule has 3 heterocycles. The molecular weight excluding hydrogens is 328 g/mol. The standard InChI is InChI=1S/C20H24N4O2/c1-3-14-8-21-20(22-9-14)24-12-16-11-23(19(25)18(16)13-24)10-15-4-6-17(26-2)7-5-15/h4-9,16,18H,3,10-13H2,1-2H3/t16-,18+/m1/s1. The molecular formula is C20H24N4O2. The molecule has 1 aromatic carbocycles. The van der Waals surface area contributed by atoms with Crippen LogP contribution in [-0.2, 0) is 17.8 Å². The number of aromatic nitrogens is 2. The normalized spacial score (nSPS) is 22.0. The molecule has 0 spiro atoms. The number of hydrogen-bond donors (Lipinski definition) is 0. The Morgan fingerprint density at radius 3 is 2.42 bits per heavy atom. The number of rotatable bonds is 5. The van der Waals surface area contributed by atoms with Crippen LogP contribution in [0.1, 0.15) is 18.1 Å². The lowest BCUT2D eigenvalue weighted by Crippen LogP contribution is -2.33. The van der Waals surface area contributed by atoms with Gasteiger partial charge in [-0.15, -0.1) is 0 Å². The van der Waals surface area contributed by atoms with E-state index in [0.29, 0.717) is 19.0 Å². The molecule has 2 aliphatic rings. The van der Waals surface area contributed by atoms with Crippen LogP contribution in [0.3, 0.4) is 0 Å². The fourth-order valence-electron chi connectivity index (χ4n) is 3.89. The Balaban J connectivity index is 1.39. The van der Waals surface area contributed by atoms with E-state index >= 15 is 0 Å². The summed E-state index contributed by atoms with van der Waals surface area (Å²) >= 11 is 0. The predicted molar refractivity (Wildman–Crippen MR) is 99.0 cm³/mol. The van der Waals surface area contributed by atoms with E-state index in [1.54, 1.807) is 7.11 Å². The summed E-state index contributed by atoms with van der Waals surface area (Å²) < 4.78 is 5.19. The summed E-state index contributed by atoms with van der Waals surface area (Å²) in [5.74, 6) is 2.24. The second-order valence-corrected chi connectivity index (χ2v) is 7.08. The minimum absolute atomic E-state index is 0.0581. The van der Waals surface area contributed by atoms with Crippen molar-refractivity contribution < 1.29 is 9.53 Å². The molecule has 2 aromatic rings. The highest BCUT2D eigenvalue weighted by Gasteiger charge is 2.46. The molecule has 6 heteroatoms. The molecule has 0 radical (unpaired) electrons. The van der Waals surface area contributed by atoms with Gasteiger partial charge in [-0.1, -0.05) is 19.1 Å². The lowest BCUT2D eigenvalue weighted by atomic mass is 10.0. The van der Waals surface area contributed by atoms with E-state index in [-0.39, 0.29) is 11.8 Å². The van der Waals surface area contributed by atoms with E-state index < -0.39 is 0 Å². The molecule has 1 aromatic heterocycles. The largest absolute Gasteiger partial charge is 0.497 e. The molecule has 0 saturated carbocycles. The molecule has 4 rings (SSSR count). The molecule has 0 aliphatic carbocycles. The summed E-state index contributed by atoms with van der Waals surface area (Å²) in [7, 11) is 1.66. The molecule has 0 bridgehead atoms. The third kappa shape index (κ3) is 3.11. The first kappa shape index (κ1) is 16.8. The molecule has 0 unspecified atom stereocenters. The summed E-state index contributed by atoms with van der Waals surface area (Å²) in [6.45, 7) is 5.13. The van der Waals surface area contributed by atoms with Crippen molar-refractivity contribution in [2.45, 2.75) is 19.9 Å². The van der Waals surface area contributed by atoms with Crippen LogP contribution in [0, 0.1) is 11.8 Å². The van der Waals surface area contributed by atoms with E-state index in [2.05, 4.69) is 21.8 Å². The summed E-state index contributed by atoms with van der Waals surface area (Å²) in [6, 6.07) is 7.93. The van der Waals surface area contributed by atoms with Gasteiger partial charge in [0.1, 0.15) is 5.75 Å². The Morgan fingerprint density at radius 2 is 1.81 bits per heavy atom. The highest BCUT2D eigenvalue weighted by atomic mass is 16.5.